The summed E-state index contributed by atoms with van der Waals surface area (Å²) in [6.45, 7) is 11.3. The van der Waals surface area contributed by atoms with E-state index in [-0.39, 0.29) is 12.3 Å². The molecular formula is C23H28N4O3. The van der Waals surface area contributed by atoms with Crippen molar-refractivity contribution in [3.63, 3.8) is 0 Å². The highest BCUT2D eigenvalue weighted by atomic mass is 16.5. The first-order valence-corrected chi connectivity index (χ1v) is 10.1. The van der Waals surface area contributed by atoms with Crippen molar-refractivity contribution >= 4 is 23.2 Å². The van der Waals surface area contributed by atoms with Crippen LogP contribution in [0.2, 0.25) is 0 Å². The number of anilines is 1. The van der Waals surface area contributed by atoms with E-state index in [1.807, 2.05) is 58.9 Å². The molecule has 1 amide bonds. The van der Waals surface area contributed by atoms with Crippen molar-refractivity contribution < 1.29 is 14.3 Å². The van der Waals surface area contributed by atoms with Crippen LogP contribution >= 0.6 is 0 Å². The lowest BCUT2D eigenvalue weighted by atomic mass is 10.1. The molecule has 0 radical (unpaired) electrons. The summed E-state index contributed by atoms with van der Waals surface area (Å²) in [5.74, 6) is -0.770. The number of ether oxygens (including phenoxy) is 1. The summed E-state index contributed by atoms with van der Waals surface area (Å²) in [7, 11) is 0. The summed E-state index contributed by atoms with van der Waals surface area (Å²) >= 11 is 0. The third kappa shape index (κ3) is 4.67. The Morgan fingerprint density at radius 3 is 2.60 bits per heavy atom. The van der Waals surface area contributed by atoms with Crippen molar-refractivity contribution in [3.8, 4) is 0 Å². The Hall–Kier alpha value is -3.22. The minimum Gasteiger partial charge on any atom is -0.453 e. The standard InChI is InChI=1S/C23H28N4O3/c1-13-7-8-14(2)20(11-13)25-23(29)18(6)30-22(28)10-9-19-16(4)24-21-12-15(3)26-27(21)17(19)5/h7-8,11-12,18H,9-10H2,1-6H3,(H,25,29)/t18-/m1/s1. The van der Waals surface area contributed by atoms with E-state index in [4.69, 9.17) is 4.74 Å². The molecule has 0 saturated carbocycles. The fraction of sp³-hybridized carbons (Fsp3) is 0.391. The Bertz CT molecular complexity index is 1120. The molecule has 0 unspecified atom stereocenters. The van der Waals surface area contributed by atoms with Crippen LogP contribution in [0.25, 0.3) is 5.65 Å². The van der Waals surface area contributed by atoms with Crippen molar-refractivity contribution in [2.24, 2.45) is 0 Å². The van der Waals surface area contributed by atoms with Crippen LogP contribution in [-0.2, 0) is 20.7 Å². The van der Waals surface area contributed by atoms with Gasteiger partial charge in [0.1, 0.15) is 0 Å². The van der Waals surface area contributed by atoms with Gasteiger partial charge in [0.25, 0.3) is 5.91 Å². The summed E-state index contributed by atoms with van der Waals surface area (Å²) in [6, 6.07) is 7.75. The lowest BCUT2D eigenvalue weighted by molar-refractivity contribution is -0.153. The van der Waals surface area contributed by atoms with Crippen molar-refractivity contribution in [1.29, 1.82) is 0 Å². The van der Waals surface area contributed by atoms with Gasteiger partial charge in [-0.2, -0.15) is 5.10 Å². The minimum absolute atomic E-state index is 0.163. The van der Waals surface area contributed by atoms with Crippen LogP contribution in [-0.4, -0.2) is 32.6 Å². The van der Waals surface area contributed by atoms with E-state index in [2.05, 4.69) is 15.4 Å². The van der Waals surface area contributed by atoms with Gasteiger partial charge in [-0.05, 0) is 70.7 Å². The summed E-state index contributed by atoms with van der Waals surface area (Å²) in [4.78, 5) is 29.4. The fourth-order valence-electron chi connectivity index (χ4n) is 3.44. The van der Waals surface area contributed by atoms with Crippen LogP contribution in [0.4, 0.5) is 5.69 Å². The topological polar surface area (TPSA) is 85.6 Å². The number of amides is 1. The number of carbonyl (C=O) groups excluding carboxylic acids is 2. The highest BCUT2D eigenvalue weighted by molar-refractivity contribution is 5.95. The minimum atomic E-state index is -0.881. The van der Waals surface area contributed by atoms with E-state index in [0.717, 1.165) is 45.1 Å². The molecule has 2 aromatic heterocycles. The third-order valence-electron chi connectivity index (χ3n) is 5.19. The molecule has 7 heteroatoms. The number of carbonyl (C=O) groups is 2. The molecular weight excluding hydrogens is 380 g/mol. The molecule has 0 aliphatic heterocycles. The fourth-order valence-corrected chi connectivity index (χ4v) is 3.44. The quantitative estimate of drug-likeness (QED) is 0.628. The molecule has 30 heavy (non-hydrogen) atoms. The Morgan fingerprint density at radius 1 is 1.13 bits per heavy atom. The largest absolute Gasteiger partial charge is 0.453 e. The molecule has 3 aromatic rings. The molecule has 7 nitrogen and oxygen atoms in total. The first-order valence-electron chi connectivity index (χ1n) is 10.1. The lowest BCUT2D eigenvalue weighted by Crippen LogP contribution is -2.30. The number of esters is 1. The summed E-state index contributed by atoms with van der Waals surface area (Å²) in [6.07, 6.45) is -0.242. The molecule has 3 rings (SSSR count). The van der Waals surface area contributed by atoms with Gasteiger partial charge < -0.3 is 10.1 Å². The number of rotatable bonds is 6. The van der Waals surface area contributed by atoms with Gasteiger partial charge in [-0.1, -0.05) is 12.1 Å². The molecule has 0 saturated heterocycles. The van der Waals surface area contributed by atoms with Crippen LogP contribution in [0.3, 0.4) is 0 Å². The molecule has 1 aromatic carbocycles. The van der Waals surface area contributed by atoms with Crippen molar-refractivity contribution in [3.05, 3.63) is 58.0 Å². The van der Waals surface area contributed by atoms with Crippen LogP contribution in [0, 0.1) is 34.6 Å². The van der Waals surface area contributed by atoms with Gasteiger partial charge in [0.05, 0.1) is 5.69 Å². The molecule has 0 fully saturated rings. The van der Waals surface area contributed by atoms with Crippen LogP contribution in [0.5, 0.6) is 0 Å². The normalized spacial score (nSPS) is 12.1. The molecule has 2 heterocycles. The number of hydrogen-bond acceptors (Lipinski definition) is 5. The molecule has 158 valence electrons. The van der Waals surface area contributed by atoms with Crippen LogP contribution in [0.15, 0.2) is 24.3 Å². The Morgan fingerprint density at radius 2 is 1.87 bits per heavy atom. The number of fused-ring (bicyclic) bond motifs is 1. The molecule has 1 N–H and O–H groups in total. The Labute approximate surface area is 176 Å². The number of nitrogens with zero attached hydrogens (tertiary/aromatic N) is 3. The van der Waals surface area contributed by atoms with E-state index in [1.165, 1.54) is 0 Å². The SMILES string of the molecule is Cc1ccc(C)c(NC(=O)[C@@H](C)OC(=O)CCc2c(C)nc3cc(C)nn3c2C)c1. The lowest BCUT2D eigenvalue weighted by Gasteiger charge is -2.16. The zero-order chi connectivity index (χ0) is 22.0. The smallest absolute Gasteiger partial charge is 0.306 e. The zero-order valence-electron chi connectivity index (χ0n) is 18.4. The number of aryl methyl sites for hydroxylation is 5. The van der Waals surface area contributed by atoms with Gasteiger partial charge in [-0.25, -0.2) is 9.50 Å². The van der Waals surface area contributed by atoms with Crippen molar-refractivity contribution in [1.82, 2.24) is 14.6 Å². The maximum atomic E-state index is 12.4. The Balaban J connectivity index is 1.61. The van der Waals surface area contributed by atoms with Crippen LogP contribution in [0.1, 0.15) is 47.1 Å². The highest BCUT2D eigenvalue weighted by Gasteiger charge is 2.20. The highest BCUT2D eigenvalue weighted by Crippen LogP contribution is 2.19. The molecule has 0 bridgehead atoms. The van der Waals surface area contributed by atoms with E-state index in [1.54, 1.807) is 11.4 Å². The van der Waals surface area contributed by atoms with Gasteiger partial charge in [0, 0.05) is 29.6 Å². The molecule has 0 aliphatic rings. The Kier molecular flexibility index (Phi) is 6.20. The predicted molar refractivity (Wildman–Crippen MR) is 116 cm³/mol. The maximum absolute atomic E-state index is 12.4. The summed E-state index contributed by atoms with van der Waals surface area (Å²) < 4.78 is 7.15. The molecule has 0 aliphatic carbocycles. The third-order valence-corrected chi connectivity index (χ3v) is 5.19. The predicted octanol–water partition coefficient (Wildman–Crippen LogP) is 3.77. The summed E-state index contributed by atoms with van der Waals surface area (Å²) in [5.41, 5.74) is 7.21. The second kappa shape index (κ2) is 8.65. The van der Waals surface area contributed by atoms with Gasteiger partial charge in [0.15, 0.2) is 11.8 Å². The van der Waals surface area contributed by atoms with E-state index in [0.29, 0.717) is 6.42 Å². The number of hydrogen-bond donors (Lipinski definition) is 1. The monoisotopic (exact) mass is 408 g/mol. The second-order valence-electron chi connectivity index (χ2n) is 7.76. The van der Waals surface area contributed by atoms with Gasteiger partial charge in [-0.15, -0.1) is 0 Å². The zero-order valence-corrected chi connectivity index (χ0v) is 18.4. The molecule has 1 atom stereocenters. The number of aromatic nitrogens is 3. The van der Waals surface area contributed by atoms with E-state index < -0.39 is 12.1 Å². The second-order valence-corrected chi connectivity index (χ2v) is 7.76. The number of benzene rings is 1. The maximum Gasteiger partial charge on any atom is 0.306 e. The summed E-state index contributed by atoms with van der Waals surface area (Å²) in [5, 5.41) is 7.28. The average Bonchev–Trinajstić information content (AvgIpc) is 3.04. The van der Waals surface area contributed by atoms with E-state index >= 15 is 0 Å². The van der Waals surface area contributed by atoms with Gasteiger partial charge >= 0.3 is 5.97 Å². The molecule has 0 spiro atoms. The first kappa shape index (κ1) is 21.5. The number of nitrogens with one attached hydrogen (secondary N) is 1. The first-order chi connectivity index (χ1) is 14.2. The van der Waals surface area contributed by atoms with Crippen molar-refractivity contribution in [2.75, 3.05) is 5.32 Å². The van der Waals surface area contributed by atoms with Crippen LogP contribution < -0.4 is 5.32 Å². The average molecular weight is 409 g/mol. The van der Waals surface area contributed by atoms with Gasteiger partial charge in [-0.3, -0.25) is 9.59 Å². The van der Waals surface area contributed by atoms with Crippen molar-refractivity contribution in [2.45, 2.75) is 60.5 Å². The van der Waals surface area contributed by atoms with Gasteiger partial charge in [0.2, 0.25) is 0 Å². The van der Waals surface area contributed by atoms with E-state index in [9.17, 15) is 9.59 Å².